The Labute approximate surface area is 117 Å². The number of nitrogens with one attached hydrogen (secondary N) is 2. The summed E-state index contributed by atoms with van der Waals surface area (Å²) in [7, 11) is 1.44. The van der Waals surface area contributed by atoms with Crippen molar-refractivity contribution in [1.29, 1.82) is 0 Å². The van der Waals surface area contributed by atoms with Crippen LogP contribution in [0, 0.1) is 5.92 Å². The molecule has 0 radical (unpaired) electrons. The molecule has 1 aliphatic rings. The number of amides is 4. The molecular weight excluding hydrogens is 258 g/mol. The van der Waals surface area contributed by atoms with E-state index in [0.717, 1.165) is 4.90 Å². The fourth-order valence-electron chi connectivity index (χ4n) is 1.85. The van der Waals surface area contributed by atoms with Gasteiger partial charge in [0.1, 0.15) is 6.04 Å². The number of urea groups is 1. The Morgan fingerprint density at radius 1 is 1.25 bits per heavy atom. The third kappa shape index (κ3) is 2.64. The molecular formula is C14H17N3O3. The highest BCUT2D eigenvalue weighted by molar-refractivity contribution is 6.04. The maximum absolute atomic E-state index is 11.8. The van der Waals surface area contributed by atoms with Gasteiger partial charge in [0.05, 0.1) is 0 Å². The first-order valence-electron chi connectivity index (χ1n) is 6.39. The van der Waals surface area contributed by atoms with Gasteiger partial charge in [0, 0.05) is 18.7 Å². The van der Waals surface area contributed by atoms with Gasteiger partial charge in [-0.05, 0) is 17.7 Å². The molecule has 1 unspecified atom stereocenters. The van der Waals surface area contributed by atoms with Crippen LogP contribution < -0.4 is 10.6 Å². The van der Waals surface area contributed by atoms with Gasteiger partial charge < -0.3 is 10.6 Å². The van der Waals surface area contributed by atoms with E-state index in [1.165, 1.54) is 7.05 Å². The van der Waals surface area contributed by atoms with Crippen LogP contribution in [-0.2, 0) is 9.59 Å². The number of hydrogen-bond acceptors (Lipinski definition) is 3. The number of imide groups is 1. The number of carbonyl (C=O) groups is 3. The minimum Gasteiger partial charge on any atom is -0.326 e. The first-order chi connectivity index (χ1) is 9.40. The van der Waals surface area contributed by atoms with Gasteiger partial charge in [0.15, 0.2) is 0 Å². The first-order valence-corrected chi connectivity index (χ1v) is 6.39. The number of likely N-dealkylation sites (N-methyl/N-ethyl adjacent to an activating group) is 1. The molecule has 106 valence electrons. The van der Waals surface area contributed by atoms with Crippen LogP contribution in [0.3, 0.4) is 0 Å². The molecule has 1 fully saturated rings. The highest BCUT2D eigenvalue weighted by Crippen LogP contribution is 2.22. The second kappa shape index (κ2) is 5.32. The molecule has 1 atom stereocenters. The number of rotatable bonds is 3. The van der Waals surface area contributed by atoms with E-state index in [9.17, 15) is 14.4 Å². The summed E-state index contributed by atoms with van der Waals surface area (Å²) in [6, 6.07) is 5.82. The summed E-state index contributed by atoms with van der Waals surface area (Å²) < 4.78 is 0. The summed E-state index contributed by atoms with van der Waals surface area (Å²) >= 11 is 0. The molecule has 0 spiro atoms. The predicted octanol–water partition coefficient (Wildman–Crippen LogP) is 1.50. The van der Waals surface area contributed by atoms with Crippen molar-refractivity contribution in [1.82, 2.24) is 10.2 Å². The minimum atomic E-state index is -0.651. The summed E-state index contributed by atoms with van der Waals surface area (Å²) in [4.78, 5) is 35.9. The zero-order valence-corrected chi connectivity index (χ0v) is 11.6. The Hall–Kier alpha value is -2.37. The summed E-state index contributed by atoms with van der Waals surface area (Å²) in [5, 5.41) is 5.36. The molecule has 0 bridgehead atoms. The SMILES string of the molecule is CC(C)C(=O)Nc1ccc(C2NC(=O)N(C)C2=O)cc1. The molecule has 1 heterocycles. The molecule has 2 rings (SSSR count). The highest BCUT2D eigenvalue weighted by Gasteiger charge is 2.36. The van der Waals surface area contributed by atoms with E-state index < -0.39 is 12.1 Å². The van der Waals surface area contributed by atoms with Crippen LogP contribution in [0.15, 0.2) is 24.3 Å². The zero-order chi connectivity index (χ0) is 14.9. The lowest BCUT2D eigenvalue weighted by Crippen LogP contribution is -2.25. The minimum absolute atomic E-state index is 0.0669. The Morgan fingerprint density at radius 3 is 2.30 bits per heavy atom. The van der Waals surface area contributed by atoms with Crippen molar-refractivity contribution < 1.29 is 14.4 Å². The summed E-state index contributed by atoms with van der Waals surface area (Å²) in [6.45, 7) is 3.62. The van der Waals surface area contributed by atoms with Crippen LogP contribution in [0.5, 0.6) is 0 Å². The van der Waals surface area contributed by atoms with Gasteiger partial charge >= 0.3 is 6.03 Å². The quantitative estimate of drug-likeness (QED) is 0.821. The Kier molecular flexibility index (Phi) is 3.74. The molecule has 6 nitrogen and oxygen atoms in total. The van der Waals surface area contributed by atoms with E-state index in [1.807, 2.05) is 13.8 Å². The maximum atomic E-state index is 11.8. The highest BCUT2D eigenvalue weighted by atomic mass is 16.2. The Balaban J connectivity index is 2.11. The van der Waals surface area contributed by atoms with Crippen molar-refractivity contribution in [2.45, 2.75) is 19.9 Å². The van der Waals surface area contributed by atoms with Gasteiger partial charge in [-0.2, -0.15) is 0 Å². The average Bonchev–Trinajstić information content (AvgIpc) is 2.67. The molecule has 4 amide bonds. The second-order valence-electron chi connectivity index (χ2n) is 5.05. The molecule has 0 aromatic heterocycles. The summed E-state index contributed by atoms with van der Waals surface area (Å²) in [6.07, 6.45) is 0. The lowest BCUT2D eigenvalue weighted by atomic mass is 10.1. The van der Waals surface area contributed by atoms with E-state index >= 15 is 0 Å². The second-order valence-corrected chi connectivity index (χ2v) is 5.05. The van der Waals surface area contributed by atoms with Gasteiger partial charge in [-0.3, -0.25) is 14.5 Å². The normalized spacial score (nSPS) is 18.4. The van der Waals surface area contributed by atoms with Crippen LogP contribution in [0.1, 0.15) is 25.5 Å². The van der Waals surface area contributed by atoms with E-state index in [1.54, 1.807) is 24.3 Å². The Morgan fingerprint density at radius 2 is 1.85 bits per heavy atom. The first kappa shape index (κ1) is 14.0. The number of hydrogen-bond donors (Lipinski definition) is 2. The molecule has 2 N–H and O–H groups in total. The summed E-state index contributed by atoms with van der Waals surface area (Å²) in [5.74, 6) is -0.448. The third-order valence-corrected chi connectivity index (χ3v) is 3.19. The lowest BCUT2D eigenvalue weighted by Gasteiger charge is -2.11. The number of benzene rings is 1. The number of carbonyl (C=O) groups excluding carboxylic acids is 3. The molecule has 1 aromatic rings. The summed E-state index contributed by atoms with van der Waals surface area (Å²) in [5.41, 5.74) is 1.35. The van der Waals surface area contributed by atoms with Crippen LogP contribution in [0.4, 0.5) is 10.5 Å². The van der Waals surface area contributed by atoms with Crippen LogP contribution in [0.25, 0.3) is 0 Å². The van der Waals surface area contributed by atoms with Crippen molar-refractivity contribution in [2.75, 3.05) is 12.4 Å². The van der Waals surface area contributed by atoms with Gasteiger partial charge in [0.25, 0.3) is 5.91 Å². The fraction of sp³-hybridized carbons (Fsp3) is 0.357. The van der Waals surface area contributed by atoms with Gasteiger partial charge in [0.2, 0.25) is 5.91 Å². The fourth-order valence-corrected chi connectivity index (χ4v) is 1.85. The van der Waals surface area contributed by atoms with E-state index in [2.05, 4.69) is 10.6 Å². The van der Waals surface area contributed by atoms with Crippen molar-refractivity contribution in [2.24, 2.45) is 5.92 Å². The molecule has 0 saturated carbocycles. The molecule has 1 saturated heterocycles. The smallest absolute Gasteiger partial charge is 0.324 e. The van der Waals surface area contributed by atoms with E-state index in [0.29, 0.717) is 11.3 Å². The number of anilines is 1. The van der Waals surface area contributed by atoms with Gasteiger partial charge in [-0.25, -0.2) is 4.79 Å². The van der Waals surface area contributed by atoms with Crippen LogP contribution in [0.2, 0.25) is 0 Å². The van der Waals surface area contributed by atoms with Gasteiger partial charge in [-0.1, -0.05) is 26.0 Å². The molecule has 0 aliphatic carbocycles. The molecule has 20 heavy (non-hydrogen) atoms. The van der Waals surface area contributed by atoms with E-state index in [-0.39, 0.29) is 17.7 Å². The lowest BCUT2D eigenvalue weighted by molar-refractivity contribution is -0.126. The van der Waals surface area contributed by atoms with Crippen molar-refractivity contribution in [3.63, 3.8) is 0 Å². The topological polar surface area (TPSA) is 78.5 Å². The molecule has 1 aromatic carbocycles. The largest absolute Gasteiger partial charge is 0.326 e. The molecule has 1 aliphatic heterocycles. The van der Waals surface area contributed by atoms with Crippen LogP contribution >= 0.6 is 0 Å². The maximum Gasteiger partial charge on any atom is 0.324 e. The van der Waals surface area contributed by atoms with Crippen molar-refractivity contribution in [3.05, 3.63) is 29.8 Å². The zero-order valence-electron chi connectivity index (χ0n) is 11.6. The van der Waals surface area contributed by atoms with E-state index in [4.69, 9.17) is 0 Å². The van der Waals surface area contributed by atoms with Crippen molar-refractivity contribution in [3.8, 4) is 0 Å². The number of nitrogens with zero attached hydrogens (tertiary/aromatic N) is 1. The Bertz CT molecular complexity index is 551. The monoisotopic (exact) mass is 275 g/mol. The third-order valence-electron chi connectivity index (χ3n) is 3.19. The predicted molar refractivity (Wildman–Crippen MR) is 74.0 cm³/mol. The van der Waals surface area contributed by atoms with Crippen LogP contribution in [-0.4, -0.2) is 29.8 Å². The molecule has 6 heteroatoms. The average molecular weight is 275 g/mol. The standard InChI is InChI=1S/C14H17N3O3/c1-8(2)12(18)15-10-6-4-9(5-7-10)11-13(19)17(3)14(20)16-11/h4-8,11H,1-3H3,(H,15,18)(H,16,20). The van der Waals surface area contributed by atoms with Crippen molar-refractivity contribution >= 4 is 23.5 Å². The van der Waals surface area contributed by atoms with Gasteiger partial charge in [-0.15, -0.1) is 0 Å².